The molecule has 4 aromatic rings. The van der Waals surface area contributed by atoms with E-state index in [1.165, 1.54) is 23.5 Å². The normalized spacial score (nSPS) is 12.1. The van der Waals surface area contributed by atoms with Crippen LogP contribution in [0.4, 0.5) is 4.39 Å². The van der Waals surface area contributed by atoms with E-state index in [9.17, 15) is 9.18 Å². The van der Waals surface area contributed by atoms with Gasteiger partial charge in [0.15, 0.2) is 4.96 Å². The van der Waals surface area contributed by atoms with Crippen LogP contribution in [0.1, 0.15) is 31.1 Å². The lowest BCUT2D eigenvalue weighted by atomic mass is 10.1. The summed E-state index contributed by atoms with van der Waals surface area (Å²) in [6.45, 7) is 4.53. The zero-order valence-corrected chi connectivity index (χ0v) is 17.6. The quantitative estimate of drug-likeness (QED) is 0.454. The number of rotatable bonds is 7. The van der Waals surface area contributed by atoms with Gasteiger partial charge < -0.3 is 10.1 Å². The lowest BCUT2D eigenvalue weighted by Crippen LogP contribution is -2.28. The first kappa shape index (κ1) is 20.1. The molecule has 2 heterocycles. The van der Waals surface area contributed by atoms with Crippen LogP contribution in [0.15, 0.2) is 60.1 Å². The fourth-order valence-corrected chi connectivity index (χ4v) is 4.15. The summed E-state index contributed by atoms with van der Waals surface area (Å²) in [5.74, 6) is 0.476. The number of imidazole rings is 1. The van der Waals surface area contributed by atoms with Gasteiger partial charge in [0.1, 0.15) is 11.6 Å². The minimum Gasteiger partial charge on any atom is -0.494 e. The molecule has 4 rings (SSSR count). The first-order valence-electron chi connectivity index (χ1n) is 9.77. The standard InChI is InChI=1S/C23H22FN3O2S/c1-3-29-20-10-6-16(7-11-20)15(2)25-22(28)12-19-14-30-23-26-21(13-27(19)23)17-4-8-18(24)9-5-17/h4-11,13-15H,3,12H2,1-2H3,(H,25,28)/t15-/m0/s1. The molecule has 0 aliphatic rings. The smallest absolute Gasteiger partial charge is 0.226 e. The van der Waals surface area contributed by atoms with Gasteiger partial charge in [-0.3, -0.25) is 9.20 Å². The number of thiazole rings is 1. The average molecular weight is 424 g/mol. The van der Waals surface area contributed by atoms with Crippen molar-refractivity contribution >= 4 is 22.2 Å². The second-order valence-electron chi connectivity index (χ2n) is 6.98. The van der Waals surface area contributed by atoms with Gasteiger partial charge in [0.05, 0.1) is 24.8 Å². The van der Waals surface area contributed by atoms with E-state index in [0.29, 0.717) is 6.61 Å². The Kier molecular flexibility index (Phi) is 5.81. The van der Waals surface area contributed by atoms with Gasteiger partial charge in [-0.05, 0) is 55.8 Å². The third kappa shape index (κ3) is 4.36. The molecule has 7 heteroatoms. The van der Waals surface area contributed by atoms with Gasteiger partial charge >= 0.3 is 0 Å². The van der Waals surface area contributed by atoms with Crippen LogP contribution in [0.5, 0.6) is 5.75 Å². The highest BCUT2D eigenvalue weighted by Gasteiger charge is 2.15. The molecule has 0 saturated heterocycles. The van der Waals surface area contributed by atoms with E-state index < -0.39 is 0 Å². The van der Waals surface area contributed by atoms with Crippen LogP contribution in [0.3, 0.4) is 0 Å². The largest absolute Gasteiger partial charge is 0.494 e. The van der Waals surface area contributed by atoms with Crippen LogP contribution in [0, 0.1) is 5.82 Å². The number of amides is 1. The number of halogens is 1. The van der Waals surface area contributed by atoms with Crippen LogP contribution >= 0.6 is 11.3 Å². The van der Waals surface area contributed by atoms with Crippen LogP contribution in [-0.2, 0) is 11.2 Å². The fraction of sp³-hybridized carbons (Fsp3) is 0.217. The molecule has 1 N–H and O–H groups in total. The van der Waals surface area contributed by atoms with Gasteiger partial charge in [0.2, 0.25) is 5.91 Å². The molecule has 1 atom stereocenters. The highest BCUT2D eigenvalue weighted by atomic mass is 32.1. The van der Waals surface area contributed by atoms with E-state index >= 15 is 0 Å². The Labute approximate surface area is 178 Å². The lowest BCUT2D eigenvalue weighted by molar-refractivity contribution is -0.121. The molecule has 0 spiro atoms. The van der Waals surface area contributed by atoms with Crippen LogP contribution in [-0.4, -0.2) is 21.9 Å². The Hall–Kier alpha value is -3.19. The van der Waals surface area contributed by atoms with E-state index in [1.54, 1.807) is 12.1 Å². The summed E-state index contributed by atoms with van der Waals surface area (Å²) in [6, 6.07) is 13.9. The first-order chi connectivity index (χ1) is 14.5. The Morgan fingerprint density at radius 1 is 1.20 bits per heavy atom. The summed E-state index contributed by atoms with van der Waals surface area (Å²) in [6.07, 6.45) is 2.14. The van der Waals surface area contributed by atoms with Crippen molar-refractivity contribution in [3.8, 4) is 17.0 Å². The molecule has 0 unspecified atom stereocenters. The van der Waals surface area contributed by atoms with Gasteiger partial charge in [-0.25, -0.2) is 9.37 Å². The Balaban J connectivity index is 1.44. The molecule has 0 aliphatic carbocycles. The molecule has 0 aliphatic heterocycles. The minimum atomic E-state index is -0.279. The maximum atomic E-state index is 13.2. The predicted octanol–water partition coefficient (Wildman–Crippen LogP) is 5.02. The van der Waals surface area contributed by atoms with Crippen LogP contribution in [0.25, 0.3) is 16.2 Å². The number of nitrogens with zero attached hydrogens (tertiary/aromatic N) is 2. The van der Waals surface area contributed by atoms with Crippen LogP contribution < -0.4 is 10.1 Å². The maximum Gasteiger partial charge on any atom is 0.226 e. The van der Waals surface area contributed by atoms with E-state index in [1.807, 2.05) is 54.1 Å². The molecule has 30 heavy (non-hydrogen) atoms. The molecule has 2 aromatic carbocycles. The van der Waals surface area contributed by atoms with Crippen molar-refractivity contribution in [2.75, 3.05) is 6.61 Å². The Bertz CT molecular complexity index is 1150. The predicted molar refractivity (Wildman–Crippen MR) is 116 cm³/mol. The van der Waals surface area contributed by atoms with Crippen molar-refractivity contribution in [1.29, 1.82) is 0 Å². The van der Waals surface area contributed by atoms with E-state index in [-0.39, 0.29) is 24.2 Å². The second-order valence-corrected chi connectivity index (χ2v) is 7.82. The van der Waals surface area contributed by atoms with Crippen molar-refractivity contribution in [2.24, 2.45) is 0 Å². The van der Waals surface area contributed by atoms with E-state index in [2.05, 4.69) is 10.3 Å². The molecule has 1 amide bonds. The Morgan fingerprint density at radius 2 is 1.93 bits per heavy atom. The first-order valence-corrected chi connectivity index (χ1v) is 10.6. The third-order valence-electron chi connectivity index (χ3n) is 4.83. The van der Waals surface area contributed by atoms with E-state index in [4.69, 9.17) is 4.74 Å². The summed E-state index contributed by atoms with van der Waals surface area (Å²) < 4.78 is 20.5. The van der Waals surface area contributed by atoms with Gasteiger partial charge in [-0.15, -0.1) is 11.3 Å². The number of ether oxygens (including phenoxy) is 1. The summed E-state index contributed by atoms with van der Waals surface area (Å²) in [4.78, 5) is 18.0. The number of nitrogens with one attached hydrogen (secondary N) is 1. The molecular formula is C23H22FN3O2S. The monoisotopic (exact) mass is 423 g/mol. The molecule has 0 bridgehead atoms. The highest BCUT2D eigenvalue weighted by Crippen LogP contribution is 2.24. The summed E-state index contributed by atoms with van der Waals surface area (Å²) in [7, 11) is 0. The van der Waals surface area contributed by atoms with Gasteiger partial charge in [-0.2, -0.15) is 0 Å². The van der Waals surface area contributed by atoms with Crippen molar-refractivity contribution in [3.63, 3.8) is 0 Å². The Morgan fingerprint density at radius 3 is 2.63 bits per heavy atom. The number of fused-ring (bicyclic) bond motifs is 1. The van der Waals surface area contributed by atoms with Crippen molar-refractivity contribution in [2.45, 2.75) is 26.3 Å². The fourth-order valence-electron chi connectivity index (χ4n) is 3.28. The number of carbonyl (C=O) groups excluding carboxylic acids is 1. The van der Waals surface area contributed by atoms with Gasteiger partial charge in [-0.1, -0.05) is 12.1 Å². The number of hydrogen-bond donors (Lipinski definition) is 1. The SMILES string of the molecule is CCOc1ccc([C@H](C)NC(=O)Cc2csc3nc(-c4ccc(F)cc4)cn23)cc1. The number of benzene rings is 2. The molecule has 154 valence electrons. The number of carbonyl (C=O) groups is 1. The lowest BCUT2D eigenvalue weighted by Gasteiger charge is -2.15. The average Bonchev–Trinajstić information content (AvgIpc) is 3.31. The zero-order valence-electron chi connectivity index (χ0n) is 16.8. The van der Waals surface area contributed by atoms with Crippen molar-refractivity contribution < 1.29 is 13.9 Å². The zero-order chi connectivity index (χ0) is 21.1. The summed E-state index contributed by atoms with van der Waals surface area (Å²) in [5.41, 5.74) is 3.48. The van der Waals surface area contributed by atoms with E-state index in [0.717, 1.165) is 33.2 Å². The summed E-state index contributed by atoms with van der Waals surface area (Å²) in [5, 5.41) is 4.99. The molecule has 0 saturated carbocycles. The number of aromatic nitrogens is 2. The molecule has 0 fully saturated rings. The van der Waals surface area contributed by atoms with Gasteiger partial charge in [0.25, 0.3) is 0 Å². The number of hydrogen-bond acceptors (Lipinski definition) is 4. The second kappa shape index (κ2) is 8.67. The molecule has 2 aromatic heterocycles. The molecule has 5 nitrogen and oxygen atoms in total. The minimum absolute atomic E-state index is 0.0619. The van der Waals surface area contributed by atoms with Crippen LogP contribution in [0.2, 0.25) is 0 Å². The molecular weight excluding hydrogens is 401 g/mol. The summed E-state index contributed by atoms with van der Waals surface area (Å²) >= 11 is 1.48. The maximum absolute atomic E-state index is 13.2. The topological polar surface area (TPSA) is 55.6 Å². The highest BCUT2D eigenvalue weighted by molar-refractivity contribution is 7.15. The van der Waals surface area contributed by atoms with Crippen molar-refractivity contribution in [1.82, 2.24) is 14.7 Å². The molecule has 0 radical (unpaired) electrons. The third-order valence-corrected chi connectivity index (χ3v) is 5.72. The van der Waals surface area contributed by atoms with Gasteiger partial charge in [0, 0.05) is 22.8 Å². The van der Waals surface area contributed by atoms with Crippen molar-refractivity contribution in [3.05, 3.63) is 77.2 Å².